The zero-order valence-corrected chi connectivity index (χ0v) is 8.54. The van der Waals surface area contributed by atoms with Crippen LogP contribution in [0.4, 0.5) is 0 Å². The molecule has 1 heterocycles. The number of nitrogens with zero attached hydrogens (tertiary/aromatic N) is 2. The summed E-state index contributed by atoms with van der Waals surface area (Å²) in [6, 6.07) is 9.16. The van der Waals surface area contributed by atoms with Crippen LogP contribution in [0.1, 0.15) is 0 Å². The van der Waals surface area contributed by atoms with E-state index < -0.39 is 0 Å². The molecule has 0 aliphatic heterocycles. The van der Waals surface area contributed by atoms with Gasteiger partial charge in [0.05, 0.1) is 22.7 Å². The Morgan fingerprint density at radius 2 is 2.27 bits per heavy atom. The number of H-pyrrole nitrogens is 1. The van der Waals surface area contributed by atoms with Crippen LogP contribution in [0.2, 0.25) is 0 Å². The van der Waals surface area contributed by atoms with Gasteiger partial charge in [-0.15, -0.1) is 0 Å². The van der Waals surface area contributed by atoms with Crippen LogP contribution in [0.3, 0.4) is 0 Å². The van der Waals surface area contributed by atoms with Crippen LogP contribution in [-0.2, 0) is 0 Å². The third-order valence-electron chi connectivity index (χ3n) is 1.88. The summed E-state index contributed by atoms with van der Waals surface area (Å²) < 4.78 is 0. The number of thioether (sulfide) groups is 1. The highest BCUT2D eigenvalue weighted by molar-refractivity contribution is 7.99. The van der Waals surface area contributed by atoms with Gasteiger partial charge in [0.1, 0.15) is 0 Å². The Labute approximate surface area is 90.0 Å². The second-order valence-electron chi connectivity index (χ2n) is 2.84. The van der Waals surface area contributed by atoms with Gasteiger partial charge in [-0.05, 0) is 12.1 Å². The maximum Gasteiger partial charge on any atom is 0.281 e. The van der Waals surface area contributed by atoms with E-state index in [0.717, 1.165) is 5.52 Å². The van der Waals surface area contributed by atoms with Gasteiger partial charge in [0.25, 0.3) is 5.56 Å². The van der Waals surface area contributed by atoms with Crippen LogP contribution in [0.5, 0.6) is 0 Å². The summed E-state index contributed by atoms with van der Waals surface area (Å²) in [6.45, 7) is 0. The third kappa shape index (κ3) is 2.00. The monoisotopic (exact) mass is 217 g/mol. The molecule has 0 aliphatic rings. The lowest BCUT2D eigenvalue weighted by atomic mass is 10.2. The van der Waals surface area contributed by atoms with E-state index in [0.29, 0.717) is 10.5 Å². The SMILES string of the molecule is N#CCSc1nc(=O)c2ccccc2[nH]1. The molecule has 4 nitrogen and oxygen atoms in total. The number of hydrogen-bond acceptors (Lipinski definition) is 4. The fourth-order valence-corrected chi connectivity index (χ4v) is 1.77. The molecule has 5 heteroatoms. The highest BCUT2D eigenvalue weighted by atomic mass is 32.2. The fourth-order valence-electron chi connectivity index (χ4n) is 1.24. The van der Waals surface area contributed by atoms with Crippen molar-refractivity contribution in [1.82, 2.24) is 9.97 Å². The normalized spacial score (nSPS) is 10.1. The Morgan fingerprint density at radius 1 is 1.47 bits per heavy atom. The van der Waals surface area contributed by atoms with Crippen LogP contribution in [0.15, 0.2) is 34.2 Å². The molecule has 0 fully saturated rings. The number of aromatic nitrogens is 2. The van der Waals surface area contributed by atoms with E-state index in [1.807, 2.05) is 18.2 Å². The van der Waals surface area contributed by atoms with Crippen molar-refractivity contribution in [1.29, 1.82) is 5.26 Å². The van der Waals surface area contributed by atoms with Crippen molar-refractivity contribution in [2.75, 3.05) is 5.75 Å². The third-order valence-corrected chi connectivity index (χ3v) is 2.62. The van der Waals surface area contributed by atoms with Gasteiger partial charge in [0, 0.05) is 0 Å². The number of para-hydroxylation sites is 1. The average Bonchev–Trinajstić information content (AvgIpc) is 2.26. The van der Waals surface area contributed by atoms with Crippen molar-refractivity contribution >= 4 is 22.7 Å². The molecule has 2 aromatic rings. The van der Waals surface area contributed by atoms with E-state index in [1.54, 1.807) is 12.1 Å². The molecular weight excluding hydrogens is 210 g/mol. The van der Waals surface area contributed by atoms with Crippen molar-refractivity contribution in [3.05, 3.63) is 34.6 Å². The van der Waals surface area contributed by atoms with Crippen LogP contribution in [0, 0.1) is 11.3 Å². The van der Waals surface area contributed by atoms with Gasteiger partial charge in [-0.25, -0.2) is 0 Å². The number of aromatic amines is 1. The summed E-state index contributed by atoms with van der Waals surface area (Å²) in [4.78, 5) is 18.4. The van der Waals surface area contributed by atoms with Crippen LogP contribution in [-0.4, -0.2) is 15.7 Å². The van der Waals surface area contributed by atoms with Crippen molar-refractivity contribution in [3.63, 3.8) is 0 Å². The Hall–Kier alpha value is -1.80. The second-order valence-corrected chi connectivity index (χ2v) is 3.80. The molecule has 1 aromatic carbocycles. The fraction of sp³-hybridized carbons (Fsp3) is 0.100. The molecule has 0 spiro atoms. The number of rotatable bonds is 2. The summed E-state index contributed by atoms with van der Waals surface area (Å²) in [5.74, 6) is 0.279. The molecule has 74 valence electrons. The molecular formula is C10H7N3OS. The Balaban J connectivity index is 2.54. The molecule has 15 heavy (non-hydrogen) atoms. The van der Waals surface area contributed by atoms with Crippen LogP contribution < -0.4 is 5.56 Å². The standard InChI is InChI=1S/C10H7N3OS/c11-5-6-15-10-12-8-4-2-1-3-7(8)9(14)13-10/h1-4H,6H2,(H,12,13,14). The minimum absolute atomic E-state index is 0.259. The van der Waals surface area contributed by atoms with Gasteiger partial charge in [-0.3, -0.25) is 4.79 Å². The van der Waals surface area contributed by atoms with E-state index in [-0.39, 0.29) is 11.3 Å². The first-order valence-corrected chi connectivity index (χ1v) is 5.28. The molecule has 2 rings (SSSR count). The minimum atomic E-state index is -0.259. The van der Waals surface area contributed by atoms with E-state index in [2.05, 4.69) is 9.97 Å². The van der Waals surface area contributed by atoms with E-state index in [1.165, 1.54) is 11.8 Å². The largest absolute Gasteiger partial charge is 0.334 e. The topological polar surface area (TPSA) is 69.5 Å². The predicted molar refractivity (Wildman–Crippen MR) is 58.7 cm³/mol. The summed E-state index contributed by atoms with van der Waals surface area (Å²) >= 11 is 1.22. The summed E-state index contributed by atoms with van der Waals surface area (Å²) in [6.07, 6.45) is 0. The summed E-state index contributed by atoms with van der Waals surface area (Å²) in [7, 11) is 0. The van der Waals surface area contributed by atoms with Gasteiger partial charge >= 0.3 is 0 Å². The molecule has 0 aliphatic carbocycles. The summed E-state index contributed by atoms with van der Waals surface area (Å²) in [5.41, 5.74) is 0.489. The quantitative estimate of drug-likeness (QED) is 0.612. The molecule has 1 aromatic heterocycles. The van der Waals surface area contributed by atoms with Gasteiger partial charge < -0.3 is 4.98 Å². The van der Waals surface area contributed by atoms with Crippen molar-refractivity contribution in [2.24, 2.45) is 0 Å². The number of nitrogens with one attached hydrogen (secondary N) is 1. The molecule has 0 amide bonds. The van der Waals surface area contributed by atoms with Gasteiger partial charge in [-0.1, -0.05) is 23.9 Å². The zero-order valence-electron chi connectivity index (χ0n) is 7.73. The number of hydrogen-bond donors (Lipinski definition) is 1. The number of nitriles is 1. The van der Waals surface area contributed by atoms with E-state index >= 15 is 0 Å². The first-order chi connectivity index (χ1) is 7.31. The lowest BCUT2D eigenvalue weighted by molar-refractivity contribution is 0.976. The number of fused-ring (bicyclic) bond motifs is 1. The highest BCUT2D eigenvalue weighted by Gasteiger charge is 2.02. The minimum Gasteiger partial charge on any atom is -0.334 e. The first kappa shape index (κ1) is 9.74. The van der Waals surface area contributed by atoms with Crippen LogP contribution in [0.25, 0.3) is 10.9 Å². The van der Waals surface area contributed by atoms with E-state index in [4.69, 9.17) is 5.26 Å². The molecule has 0 atom stereocenters. The predicted octanol–water partition coefficient (Wildman–Crippen LogP) is 1.54. The van der Waals surface area contributed by atoms with Gasteiger partial charge in [0.15, 0.2) is 5.16 Å². The molecule has 0 radical (unpaired) electrons. The Morgan fingerprint density at radius 3 is 3.07 bits per heavy atom. The molecule has 0 unspecified atom stereocenters. The smallest absolute Gasteiger partial charge is 0.281 e. The second kappa shape index (κ2) is 4.15. The summed E-state index contributed by atoms with van der Waals surface area (Å²) in [5, 5.41) is 9.47. The number of benzene rings is 1. The van der Waals surface area contributed by atoms with Gasteiger partial charge in [0.2, 0.25) is 0 Å². The Kier molecular flexibility index (Phi) is 2.70. The average molecular weight is 217 g/mol. The van der Waals surface area contributed by atoms with Gasteiger partial charge in [-0.2, -0.15) is 10.2 Å². The Bertz CT molecular complexity index is 585. The maximum atomic E-state index is 11.5. The molecule has 0 bridgehead atoms. The van der Waals surface area contributed by atoms with Crippen molar-refractivity contribution in [3.8, 4) is 6.07 Å². The molecule has 0 saturated heterocycles. The van der Waals surface area contributed by atoms with Crippen molar-refractivity contribution in [2.45, 2.75) is 5.16 Å². The highest BCUT2D eigenvalue weighted by Crippen LogP contribution is 2.13. The van der Waals surface area contributed by atoms with Crippen molar-refractivity contribution < 1.29 is 0 Å². The zero-order chi connectivity index (χ0) is 10.7. The molecule has 1 N–H and O–H groups in total. The lowest BCUT2D eigenvalue weighted by Gasteiger charge is -1.99. The lowest BCUT2D eigenvalue weighted by Crippen LogP contribution is -2.08. The van der Waals surface area contributed by atoms with E-state index in [9.17, 15) is 4.79 Å². The first-order valence-electron chi connectivity index (χ1n) is 4.30. The van der Waals surface area contributed by atoms with Crippen LogP contribution >= 0.6 is 11.8 Å². The maximum absolute atomic E-state index is 11.5. The molecule has 0 saturated carbocycles.